The van der Waals surface area contributed by atoms with Crippen LogP contribution in [0.2, 0.25) is 0 Å². The second kappa shape index (κ2) is 7.99. The molecule has 0 unspecified atom stereocenters. The Balaban J connectivity index is 2.31. The molecule has 1 atom stereocenters. The van der Waals surface area contributed by atoms with Gasteiger partial charge in [0.1, 0.15) is 5.75 Å². The number of carbonyl (C=O) groups is 2. The molecule has 1 aromatic rings. The van der Waals surface area contributed by atoms with Crippen LogP contribution in [0.3, 0.4) is 0 Å². The summed E-state index contributed by atoms with van der Waals surface area (Å²) in [5, 5.41) is 0. The lowest BCUT2D eigenvalue weighted by Gasteiger charge is -2.31. The highest BCUT2D eigenvalue weighted by molar-refractivity contribution is 5.76. The number of fused-ring (bicyclic) bond motifs is 1. The first-order valence-electron chi connectivity index (χ1n) is 8.25. The van der Waals surface area contributed by atoms with Crippen LogP contribution in [-0.2, 0) is 20.7 Å². The van der Waals surface area contributed by atoms with Crippen molar-refractivity contribution in [3.05, 3.63) is 29.3 Å². The monoisotopic (exact) mass is 319 g/mol. The summed E-state index contributed by atoms with van der Waals surface area (Å²) in [6.45, 7) is 6.97. The predicted octanol–water partition coefficient (Wildman–Crippen LogP) is 2.87. The first-order chi connectivity index (χ1) is 11.1. The van der Waals surface area contributed by atoms with Gasteiger partial charge in [-0.2, -0.15) is 0 Å². The molecule has 1 amide bonds. The van der Waals surface area contributed by atoms with E-state index in [0.29, 0.717) is 19.8 Å². The van der Waals surface area contributed by atoms with Crippen molar-refractivity contribution < 1.29 is 19.1 Å². The van der Waals surface area contributed by atoms with E-state index in [1.807, 2.05) is 25.1 Å². The fourth-order valence-corrected chi connectivity index (χ4v) is 2.95. The Morgan fingerprint density at radius 2 is 2.13 bits per heavy atom. The number of carbonyl (C=O) groups excluding carboxylic acids is 2. The summed E-state index contributed by atoms with van der Waals surface area (Å²) in [6.07, 6.45) is 1.90. The van der Waals surface area contributed by atoms with Crippen LogP contribution in [0.4, 0.5) is 0 Å². The van der Waals surface area contributed by atoms with Gasteiger partial charge in [0.05, 0.1) is 25.7 Å². The number of ether oxygens (including phenoxy) is 2. The van der Waals surface area contributed by atoms with Crippen LogP contribution in [0, 0.1) is 0 Å². The molecule has 5 nitrogen and oxygen atoms in total. The highest BCUT2D eigenvalue weighted by atomic mass is 16.5. The maximum absolute atomic E-state index is 12.1. The molecule has 5 heteroatoms. The number of esters is 1. The van der Waals surface area contributed by atoms with E-state index < -0.39 is 0 Å². The van der Waals surface area contributed by atoms with Crippen LogP contribution in [-0.4, -0.2) is 36.5 Å². The second-order valence-electron chi connectivity index (χ2n) is 5.70. The first kappa shape index (κ1) is 17.3. The normalized spacial score (nSPS) is 13.9. The molecule has 0 aromatic heterocycles. The van der Waals surface area contributed by atoms with E-state index in [9.17, 15) is 9.59 Å². The molecule has 126 valence electrons. The molecular formula is C18H25NO4. The molecule has 1 aromatic carbocycles. The Morgan fingerprint density at radius 1 is 1.35 bits per heavy atom. The highest BCUT2D eigenvalue weighted by Gasteiger charge is 2.27. The third kappa shape index (κ3) is 4.24. The summed E-state index contributed by atoms with van der Waals surface area (Å²) < 4.78 is 10.7. The number of rotatable bonds is 7. The number of nitrogens with zero attached hydrogens (tertiary/aromatic N) is 1. The lowest BCUT2D eigenvalue weighted by Crippen LogP contribution is -2.35. The van der Waals surface area contributed by atoms with E-state index in [-0.39, 0.29) is 24.3 Å². The summed E-state index contributed by atoms with van der Waals surface area (Å²) in [6, 6.07) is 5.65. The van der Waals surface area contributed by atoms with Crippen molar-refractivity contribution in [3.8, 4) is 5.75 Å². The smallest absolute Gasteiger partial charge is 0.308 e. The van der Waals surface area contributed by atoms with Crippen molar-refractivity contribution in [3.63, 3.8) is 0 Å². The maximum atomic E-state index is 12.1. The van der Waals surface area contributed by atoms with E-state index in [0.717, 1.165) is 24.2 Å². The Morgan fingerprint density at radius 3 is 2.78 bits per heavy atom. The zero-order valence-electron chi connectivity index (χ0n) is 14.1. The first-order valence-corrected chi connectivity index (χ1v) is 8.25. The SMILES string of the molecule is CCCN(C(C)=O)[C@@H](CC(=O)OCC)c1ccc2c(c1)OCC2. The molecule has 0 spiro atoms. The largest absolute Gasteiger partial charge is 0.493 e. The molecule has 0 aliphatic carbocycles. The van der Waals surface area contributed by atoms with Crippen molar-refractivity contribution in [2.45, 2.75) is 46.1 Å². The summed E-state index contributed by atoms with van der Waals surface area (Å²) in [4.78, 5) is 25.8. The summed E-state index contributed by atoms with van der Waals surface area (Å²) in [5.74, 6) is 0.528. The fourth-order valence-electron chi connectivity index (χ4n) is 2.95. The van der Waals surface area contributed by atoms with Gasteiger partial charge in [0.25, 0.3) is 0 Å². The topological polar surface area (TPSA) is 55.8 Å². The van der Waals surface area contributed by atoms with E-state index in [4.69, 9.17) is 9.47 Å². The summed E-state index contributed by atoms with van der Waals surface area (Å²) in [5.41, 5.74) is 2.09. The number of amides is 1. The van der Waals surface area contributed by atoms with E-state index in [2.05, 4.69) is 0 Å². The maximum Gasteiger partial charge on any atom is 0.308 e. The van der Waals surface area contributed by atoms with Crippen molar-refractivity contribution in [1.29, 1.82) is 0 Å². The quantitative estimate of drug-likeness (QED) is 0.725. The summed E-state index contributed by atoms with van der Waals surface area (Å²) in [7, 11) is 0. The molecule has 0 fully saturated rings. The summed E-state index contributed by atoms with van der Waals surface area (Å²) >= 11 is 0. The molecule has 0 bridgehead atoms. The Labute approximate surface area is 137 Å². The van der Waals surface area contributed by atoms with Gasteiger partial charge in [0.2, 0.25) is 5.91 Å². The van der Waals surface area contributed by atoms with Gasteiger partial charge < -0.3 is 14.4 Å². The Bertz CT molecular complexity index is 570. The second-order valence-corrected chi connectivity index (χ2v) is 5.70. The minimum absolute atomic E-state index is 0.0393. The van der Waals surface area contributed by atoms with Crippen molar-refractivity contribution in [1.82, 2.24) is 4.90 Å². The molecule has 1 aliphatic rings. The third-order valence-corrected chi connectivity index (χ3v) is 4.02. The van der Waals surface area contributed by atoms with Gasteiger partial charge in [0, 0.05) is 19.9 Å². The lowest BCUT2D eigenvalue weighted by molar-refractivity contribution is -0.145. The molecule has 1 aliphatic heterocycles. The zero-order valence-corrected chi connectivity index (χ0v) is 14.1. The van der Waals surface area contributed by atoms with E-state index in [1.165, 1.54) is 12.5 Å². The molecule has 0 saturated heterocycles. The van der Waals surface area contributed by atoms with Gasteiger partial charge in [0.15, 0.2) is 0 Å². The minimum Gasteiger partial charge on any atom is -0.493 e. The van der Waals surface area contributed by atoms with Gasteiger partial charge >= 0.3 is 5.97 Å². The lowest BCUT2D eigenvalue weighted by atomic mass is 9.99. The Hall–Kier alpha value is -2.04. The van der Waals surface area contributed by atoms with Gasteiger partial charge in [-0.25, -0.2) is 0 Å². The standard InChI is InChI=1S/C18H25NO4/c1-4-9-19(13(3)20)16(12-18(21)22-5-2)15-7-6-14-8-10-23-17(14)11-15/h6-7,11,16H,4-5,8-10,12H2,1-3H3/t16-/m0/s1. The van der Waals surface area contributed by atoms with Gasteiger partial charge in [-0.1, -0.05) is 19.1 Å². The minimum atomic E-state index is -0.319. The molecule has 2 rings (SSSR count). The number of hydrogen-bond donors (Lipinski definition) is 0. The van der Waals surface area contributed by atoms with Gasteiger partial charge in [-0.3, -0.25) is 9.59 Å². The average Bonchev–Trinajstić information content (AvgIpc) is 2.98. The number of hydrogen-bond acceptors (Lipinski definition) is 4. The van der Waals surface area contributed by atoms with Crippen LogP contribution in [0.1, 0.15) is 50.8 Å². The van der Waals surface area contributed by atoms with Crippen LogP contribution in [0.25, 0.3) is 0 Å². The van der Waals surface area contributed by atoms with Gasteiger partial charge in [-0.05, 0) is 30.5 Å². The van der Waals surface area contributed by atoms with Crippen LogP contribution in [0.15, 0.2) is 18.2 Å². The van der Waals surface area contributed by atoms with Crippen LogP contribution in [0.5, 0.6) is 5.75 Å². The number of benzene rings is 1. The van der Waals surface area contributed by atoms with E-state index in [1.54, 1.807) is 11.8 Å². The molecule has 0 N–H and O–H groups in total. The molecule has 23 heavy (non-hydrogen) atoms. The van der Waals surface area contributed by atoms with Crippen molar-refractivity contribution >= 4 is 11.9 Å². The Kier molecular flexibility index (Phi) is 6.02. The molecule has 1 heterocycles. The molecule has 0 radical (unpaired) electrons. The van der Waals surface area contributed by atoms with Crippen molar-refractivity contribution in [2.24, 2.45) is 0 Å². The van der Waals surface area contributed by atoms with E-state index >= 15 is 0 Å². The fraction of sp³-hybridized carbons (Fsp3) is 0.556. The van der Waals surface area contributed by atoms with Crippen molar-refractivity contribution in [2.75, 3.05) is 19.8 Å². The third-order valence-electron chi connectivity index (χ3n) is 4.02. The van der Waals surface area contributed by atoms with Gasteiger partial charge in [-0.15, -0.1) is 0 Å². The average molecular weight is 319 g/mol. The predicted molar refractivity (Wildman–Crippen MR) is 87.3 cm³/mol. The van der Waals surface area contributed by atoms with Crippen LogP contribution < -0.4 is 4.74 Å². The molecule has 0 saturated carbocycles. The zero-order chi connectivity index (χ0) is 16.8. The highest BCUT2D eigenvalue weighted by Crippen LogP contribution is 2.32. The molecular weight excluding hydrogens is 294 g/mol. The van der Waals surface area contributed by atoms with Crippen LogP contribution >= 0.6 is 0 Å².